The molecule has 0 fully saturated rings. The predicted molar refractivity (Wildman–Crippen MR) is 74.4 cm³/mol. The summed E-state index contributed by atoms with van der Waals surface area (Å²) >= 11 is 0. The lowest BCUT2D eigenvalue weighted by atomic mass is 10.6. The van der Waals surface area contributed by atoms with E-state index in [1.165, 1.54) is 12.2 Å². The molecule has 0 spiro atoms. The third-order valence-corrected chi connectivity index (χ3v) is 11.6. The average Bonchev–Trinajstić information content (AvgIpc) is 2.19. The van der Waals surface area contributed by atoms with Crippen LogP contribution in [0.25, 0.3) is 0 Å². The number of hydrogen-bond acceptors (Lipinski definition) is 4. The summed E-state index contributed by atoms with van der Waals surface area (Å²) in [6, 6.07) is 1.09. The fourth-order valence-corrected chi connectivity index (χ4v) is 10.8. The van der Waals surface area contributed by atoms with Gasteiger partial charge in [0.05, 0.1) is 0 Å². The predicted octanol–water partition coefficient (Wildman–Crippen LogP) is 4.20. The monoisotopic (exact) mass is 268 g/mol. The van der Waals surface area contributed by atoms with Crippen molar-refractivity contribution in [2.45, 2.75) is 46.6 Å². The van der Waals surface area contributed by atoms with Crippen molar-refractivity contribution in [3.63, 3.8) is 0 Å². The van der Waals surface area contributed by atoms with Gasteiger partial charge in [-0.15, -0.1) is 0 Å². The van der Waals surface area contributed by atoms with Crippen LogP contribution < -0.4 is 0 Å². The zero-order valence-electron chi connectivity index (χ0n) is 10.4. The molecule has 0 saturated heterocycles. The highest BCUT2D eigenvalue weighted by molar-refractivity contribution is 8.87. The first kappa shape index (κ1) is 15.8. The molecule has 0 heterocycles. The molecule has 0 aromatic carbocycles. The van der Waals surface area contributed by atoms with Crippen molar-refractivity contribution in [2.75, 3.05) is 19.0 Å². The van der Waals surface area contributed by atoms with Crippen molar-refractivity contribution in [1.82, 2.24) is 0 Å². The topological polar surface area (TPSA) is 18.5 Å². The molecule has 0 N–H and O–H groups in total. The van der Waals surface area contributed by atoms with E-state index >= 15 is 0 Å². The van der Waals surface area contributed by atoms with Crippen molar-refractivity contribution < 1.29 is 8.85 Å². The van der Waals surface area contributed by atoms with Gasteiger partial charge in [-0.05, 0) is 20.3 Å². The Morgan fingerprint density at radius 2 is 1.53 bits per heavy atom. The standard InChI is InChI=1S/C10H24O2S2Si/c1-5-9-13-14-15(10-6-2,11-7-3)12-8-4/h5-10H2,1-4H3. The molecule has 5 heteroatoms. The van der Waals surface area contributed by atoms with E-state index in [1.807, 2.05) is 21.0 Å². The van der Waals surface area contributed by atoms with Crippen molar-refractivity contribution in [3.05, 3.63) is 0 Å². The van der Waals surface area contributed by atoms with E-state index in [0.29, 0.717) is 0 Å². The van der Waals surface area contributed by atoms with Crippen LogP contribution in [0.3, 0.4) is 0 Å². The Bertz CT molecular complexity index is 130. The van der Waals surface area contributed by atoms with E-state index in [1.54, 1.807) is 0 Å². The third-order valence-electron chi connectivity index (χ3n) is 1.76. The van der Waals surface area contributed by atoms with E-state index in [-0.39, 0.29) is 0 Å². The van der Waals surface area contributed by atoms with Gasteiger partial charge in [-0.1, -0.05) is 41.3 Å². The molecule has 2 nitrogen and oxygen atoms in total. The first-order valence-electron chi connectivity index (χ1n) is 5.83. The Kier molecular flexibility index (Phi) is 10.6. The number of hydrogen-bond donors (Lipinski definition) is 0. The molecule has 0 atom stereocenters. The lowest BCUT2D eigenvalue weighted by molar-refractivity contribution is 0.205. The van der Waals surface area contributed by atoms with Crippen molar-refractivity contribution >= 4 is 28.7 Å². The molecule has 0 rings (SSSR count). The Morgan fingerprint density at radius 3 is 1.93 bits per heavy atom. The van der Waals surface area contributed by atoms with Crippen molar-refractivity contribution in [1.29, 1.82) is 0 Å². The first-order valence-corrected chi connectivity index (χ1v) is 10.9. The summed E-state index contributed by atoms with van der Waals surface area (Å²) in [5.74, 6) is 1.18. The SMILES string of the molecule is CCCSS[Si](CCC)(OCC)OCC. The highest BCUT2D eigenvalue weighted by Gasteiger charge is 2.37. The summed E-state index contributed by atoms with van der Waals surface area (Å²) in [6.45, 7) is 10.1. The molecule has 0 aromatic heterocycles. The van der Waals surface area contributed by atoms with Gasteiger partial charge in [0.2, 0.25) is 0 Å². The molecule has 0 bridgehead atoms. The molecule has 0 saturated carbocycles. The number of rotatable bonds is 10. The second kappa shape index (κ2) is 10.0. The van der Waals surface area contributed by atoms with Gasteiger partial charge in [-0.25, -0.2) is 0 Å². The van der Waals surface area contributed by atoms with Crippen LogP contribution >= 0.6 is 21.0 Å². The van der Waals surface area contributed by atoms with Gasteiger partial charge in [0, 0.05) is 25.0 Å². The molecule has 15 heavy (non-hydrogen) atoms. The summed E-state index contributed by atoms with van der Waals surface area (Å²) in [5, 5.41) is 0. The maximum Gasteiger partial charge on any atom is 0.416 e. The summed E-state index contributed by atoms with van der Waals surface area (Å²) in [6.07, 6.45) is 2.36. The minimum atomic E-state index is -1.95. The summed E-state index contributed by atoms with van der Waals surface area (Å²) in [5.41, 5.74) is 0. The summed E-state index contributed by atoms with van der Waals surface area (Å²) in [7, 11) is 1.83. The second-order valence-corrected chi connectivity index (χ2v) is 11.0. The van der Waals surface area contributed by atoms with Gasteiger partial charge in [0.15, 0.2) is 0 Å². The summed E-state index contributed by atoms with van der Waals surface area (Å²) < 4.78 is 11.8. The molecule has 0 aliphatic rings. The van der Waals surface area contributed by atoms with Crippen LogP contribution in [0.2, 0.25) is 6.04 Å². The quantitative estimate of drug-likeness (QED) is 0.336. The van der Waals surface area contributed by atoms with Crippen molar-refractivity contribution in [3.8, 4) is 0 Å². The maximum absolute atomic E-state index is 5.92. The Balaban J connectivity index is 4.18. The summed E-state index contributed by atoms with van der Waals surface area (Å²) in [4.78, 5) is 0. The largest absolute Gasteiger partial charge is 0.416 e. The molecule has 0 radical (unpaired) electrons. The zero-order chi connectivity index (χ0) is 11.6. The molecule has 0 aliphatic carbocycles. The van der Waals surface area contributed by atoms with E-state index in [9.17, 15) is 0 Å². The molecular weight excluding hydrogens is 244 g/mol. The zero-order valence-corrected chi connectivity index (χ0v) is 13.0. The van der Waals surface area contributed by atoms with E-state index in [0.717, 1.165) is 25.7 Å². The van der Waals surface area contributed by atoms with E-state index in [2.05, 4.69) is 27.7 Å². The fraction of sp³-hybridized carbons (Fsp3) is 1.00. The van der Waals surface area contributed by atoms with Crippen LogP contribution in [0, 0.1) is 0 Å². The highest BCUT2D eigenvalue weighted by Crippen LogP contribution is 2.38. The Hall–Kier alpha value is 0.837. The third kappa shape index (κ3) is 6.89. The second-order valence-electron chi connectivity index (χ2n) is 3.20. The molecule has 0 aromatic rings. The first-order chi connectivity index (χ1) is 7.24. The van der Waals surface area contributed by atoms with Gasteiger partial charge >= 0.3 is 7.71 Å². The van der Waals surface area contributed by atoms with Crippen LogP contribution in [0.4, 0.5) is 0 Å². The maximum atomic E-state index is 5.92. The fourth-order valence-electron chi connectivity index (χ4n) is 1.24. The molecule has 0 amide bonds. The highest BCUT2D eigenvalue weighted by atomic mass is 33.2. The van der Waals surface area contributed by atoms with Gasteiger partial charge in [-0.3, -0.25) is 0 Å². The van der Waals surface area contributed by atoms with Crippen LogP contribution in [-0.2, 0) is 8.85 Å². The molecule has 0 aliphatic heterocycles. The molecule has 0 unspecified atom stereocenters. The van der Waals surface area contributed by atoms with E-state index in [4.69, 9.17) is 8.85 Å². The minimum absolute atomic E-state index is 0.770. The minimum Gasteiger partial charge on any atom is -0.386 e. The molecule has 92 valence electrons. The van der Waals surface area contributed by atoms with Gasteiger partial charge in [0.1, 0.15) is 0 Å². The lowest BCUT2D eigenvalue weighted by Gasteiger charge is -2.27. The Labute approximate surface area is 103 Å². The normalized spacial score (nSPS) is 12.0. The molecular formula is C10H24O2S2Si. The lowest BCUT2D eigenvalue weighted by Crippen LogP contribution is -2.38. The average molecular weight is 269 g/mol. The van der Waals surface area contributed by atoms with E-state index < -0.39 is 7.71 Å². The van der Waals surface area contributed by atoms with Crippen molar-refractivity contribution in [2.24, 2.45) is 0 Å². The van der Waals surface area contributed by atoms with Crippen LogP contribution in [-0.4, -0.2) is 26.7 Å². The van der Waals surface area contributed by atoms with Crippen LogP contribution in [0.1, 0.15) is 40.5 Å². The van der Waals surface area contributed by atoms with Gasteiger partial charge < -0.3 is 8.85 Å². The van der Waals surface area contributed by atoms with Crippen LogP contribution in [0.15, 0.2) is 0 Å². The van der Waals surface area contributed by atoms with Gasteiger partial charge in [-0.2, -0.15) is 0 Å². The Morgan fingerprint density at radius 1 is 0.933 bits per heavy atom. The van der Waals surface area contributed by atoms with Gasteiger partial charge in [0.25, 0.3) is 0 Å². The van der Waals surface area contributed by atoms with Crippen LogP contribution in [0.5, 0.6) is 0 Å². The smallest absolute Gasteiger partial charge is 0.386 e.